The van der Waals surface area contributed by atoms with Crippen LogP contribution in [0.25, 0.3) is 0 Å². The van der Waals surface area contributed by atoms with E-state index in [1.165, 1.54) is 11.3 Å². The van der Waals surface area contributed by atoms with Gasteiger partial charge < -0.3 is 15.4 Å². The second-order valence-electron chi connectivity index (χ2n) is 7.14. The number of hydrogen-bond donors (Lipinski definition) is 1. The van der Waals surface area contributed by atoms with Crippen molar-refractivity contribution in [2.75, 3.05) is 25.1 Å². The van der Waals surface area contributed by atoms with E-state index in [0.29, 0.717) is 12.0 Å². The molecule has 1 aliphatic carbocycles. The van der Waals surface area contributed by atoms with Crippen molar-refractivity contribution in [2.24, 2.45) is 17.1 Å². The maximum atomic E-state index is 6.82. The molecule has 2 N–H and O–H groups in total. The van der Waals surface area contributed by atoms with Crippen molar-refractivity contribution in [3.05, 3.63) is 29.8 Å². The molecule has 2 aliphatic rings. The Hall–Kier alpha value is -1.06. The van der Waals surface area contributed by atoms with Crippen LogP contribution in [0.4, 0.5) is 5.69 Å². The maximum Gasteiger partial charge on any atom is 0.0691 e. The summed E-state index contributed by atoms with van der Waals surface area (Å²) in [5.74, 6) is 0.504. The molecule has 1 saturated carbocycles. The van der Waals surface area contributed by atoms with Crippen LogP contribution in [0.3, 0.4) is 0 Å². The van der Waals surface area contributed by atoms with Gasteiger partial charge in [0.25, 0.3) is 0 Å². The third kappa shape index (κ3) is 1.80. The zero-order valence-electron chi connectivity index (χ0n) is 13.0. The molecule has 0 aromatic heterocycles. The Kier molecular flexibility index (Phi) is 3.11. The lowest BCUT2D eigenvalue weighted by Crippen LogP contribution is -2.78. The largest absolute Gasteiger partial charge is 0.377 e. The van der Waals surface area contributed by atoms with E-state index in [1.54, 1.807) is 0 Å². The van der Waals surface area contributed by atoms with E-state index in [2.05, 4.69) is 57.0 Å². The van der Waals surface area contributed by atoms with Crippen LogP contribution in [0.1, 0.15) is 25.8 Å². The summed E-state index contributed by atoms with van der Waals surface area (Å²) in [6.07, 6.45) is 1.45. The highest BCUT2D eigenvalue weighted by Crippen LogP contribution is 2.58. The first-order valence-electron chi connectivity index (χ1n) is 7.54. The molecular formula is C17H26N2O. The second-order valence-corrected chi connectivity index (χ2v) is 7.14. The van der Waals surface area contributed by atoms with Gasteiger partial charge in [0.2, 0.25) is 0 Å². The molecule has 0 amide bonds. The Balaban J connectivity index is 1.80. The molecule has 0 spiro atoms. The number of hydrogen-bond acceptors (Lipinski definition) is 3. The first kappa shape index (κ1) is 13.9. The molecule has 1 aliphatic heterocycles. The summed E-state index contributed by atoms with van der Waals surface area (Å²) < 4.78 is 5.87. The van der Waals surface area contributed by atoms with E-state index in [9.17, 15) is 0 Å². The smallest absolute Gasteiger partial charge is 0.0691 e. The van der Waals surface area contributed by atoms with Gasteiger partial charge in [0.15, 0.2) is 0 Å². The molecule has 3 rings (SSSR count). The summed E-state index contributed by atoms with van der Waals surface area (Å²) in [4.78, 5) is 2.29. The van der Waals surface area contributed by atoms with Crippen LogP contribution in [-0.4, -0.2) is 31.8 Å². The summed E-state index contributed by atoms with van der Waals surface area (Å²) >= 11 is 0. The standard InChI is InChI=1S/C17H26N2O/c1-12-6-5-7-13(10-12)19(4)11-17(18)14-8-9-20-15(14)16(17,2)3/h5-7,10,14-15H,8-9,11,18H2,1-4H3. The minimum absolute atomic E-state index is 0.0479. The third-order valence-corrected chi connectivity index (χ3v) is 5.61. The average molecular weight is 274 g/mol. The van der Waals surface area contributed by atoms with Crippen LogP contribution >= 0.6 is 0 Å². The lowest BCUT2D eigenvalue weighted by Gasteiger charge is -2.63. The van der Waals surface area contributed by atoms with E-state index in [1.807, 2.05) is 0 Å². The fourth-order valence-corrected chi connectivity index (χ4v) is 4.15. The van der Waals surface area contributed by atoms with Crippen LogP contribution in [0.2, 0.25) is 0 Å². The molecule has 110 valence electrons. The number of fused-ring (bicyclic) bond motifs is 1. The van der Waals surface area contributed by atoms with Gasteiger partial charge >= 0.3 is 0 Å². The van der Waals surface area contributed by atoms with E-state index in [0.717, 1.165) is 19.6 Å². The Morgan fingerprint density at radius 1 is 1.40 bits per heavy atom. The molecule has 2 fully saturated rings. The lowest BCUT2D eigenvalue weighted by atomic mass is 9.48. The van der Waals surface area contributed by atoms with Crippen molar-refractivity contribution in [3.63, 3.8) is 0 Å². The van der Waals surface area contributed by atoms with Gasteiger partial charge in [-0.05, 0) is 31.0 Å². The van der Waals surface area contributed by atoms with Gasteiger partial charge in [-0.2, -0.15) is 0 Å². The zero-order valence-corrected chi connectivity index (χ0v) is 13.0. The minimum Gasteiger partial charge on any atom is -0.377 e. The third-order valence-electron chi connectivity index (χ3n) is 5.61. The Bertz CT molecular complexity index is 513. The van der Waals surface area contributed by atoms with Crippen LogP contribution in [0.5, 0.6) is 0 Å². The molecule has 20 heavy (non-hydrogen) atoms. The molecule has 3 unspecified atom stereocenters. The molecule has 3 nitrogen and oxygen atoms in total. The quantitative estimate of drug-likeness (QED) is 0.920. The number of ether oxygens (including phenoxy) is 1. The van der Waals surface area contributed by atoms with Gasteiger partial charge in [0.05, 0.1) is 6.10 Å². The zero-order chi connectivity index (χ0) is 14.5. The number of nitrogens with two attached hydrogens (primary N) is 1. The summed E-state index contributed by atoms with van der Waals surface area (Å²) in [5.41, 5.74) is 9.24. The molecule has 0 bridgehead atoms. The van der Waals surface area contributed by atoms with Crippen molar-refractivity contribution in [1.82, 2.24) is 0 Å². The van der Waals surface area contributed by atoms with Crippen LogP contribution in [0, 0.1) is 18.3 Å². The fourth-order valence-electron chi connectivity index (χ4n) is 4.15. The van der Waals surface area contributed by atoms with Gasteiger partial charge in [0.1, 0.15) is 0 Å². The van der Waals surface area contributed by atoms with Crippen LogP contribution in [0.15, 0.2) is 24.3 Å². The highest BCUT2D eigenvalue weighted by atomic mass is 16.5. The van der Waals surface area contributed by atoms with E-state index < -0.39 is 0 Å². The number of benzene rings is 1. The molecule has 0 radical (unpaired) electrons. The number of likely N-dealkylation sites (N-methyl/N-ethyl adjacent to an activating group) is 1. The van der Waals surface area contributed by atoms with Crippen molar-refractivity contribution in [2.45, 2.75) is 38.8 Å². The predicted octanol–water partition coefficient (Wildman–Crippen LogP) is 2.57. The van der Waals surface area contributed by atoms with Crippen LogP contribution in [-0.2, 0) is 4.74 Å². The van der Waals surface area contributed by atoms with E-state index >= 15 is 0 Å². The van der Waals surface area contributed by atoms with E-state index in [4.69, 9.17) is 10.5 Å². The summed E-state index contributed by atoms with van der Waals surface area (Å²) in [6.45, 7) is 8.39. The van der Waals surface area contributed by atoms with Crippen molar-refractivity contribution < 1.29 is 4.74 Å². The first-order chi connectivity index (χ1) is 9.36. The topological polar surface area (TPSA) is 38.5 Å². The van der Waals surface area contributed by atoms with Crippen LogP contribution < -0.4 is 10.6 Å². The SMILES string of the molecule is Cc1cccc(N(C)CC2(N)C3CCOC3C2(C)C)c1. The molecule has 1 saturated heterocycles. The number of nitrogens with zero attached hydrogens (tertiary/aromatic N) is 1. The predicted molar refractivity (Wildman–Crippen MR) is 83.0 cm³/mol. The highest BCUT2D eigenvalue weighted by Gasteiger charge is 2.67. The lowest BCUT2D eigenvalue weighted by molar-refractivity contribution is -0.150. The van der Waals surface area contributed by atoms with E-state index in [-0.39, 0.29) is 11.0 Å². The Morgan fingerprint density at radius 2 is 2.15 bits per heavy atom. The fraction of sp³-hybridized carbons (Fsp3) is 0.647. The van der Waals surface area contributed by atoms with Gasteiger partial charge in [-0.25, -0.2) is 0 Å². The molecule has 3 heteroatoms. The summed E-state index contributed by atoms with van der Waals surface area (Å²) in [7, 11) is 2.14. The highest BCUT2D eigenvalue weighted by molar-refractivity contribution is 5.48. The van der Waals surface area contributed by atoms with Gasteiger partial charge in [-0.1, -0.05) is 26.0 Å². The molecule has 3 atom stereocenters. The minimum atomic E-state index is -0.160. The number of rotatable bonds is 3. The van der Waals surface area contributed by atoms with Crippen molar-refractivity contribution >= 4 is 5.69 Å². The van der Waals surface area contributed by atoms with Gasteiger partial charge in [-0.15, -0.1) is 0 Å². The second kappa shape index (κ2) is 4.47. The van der Waals surface area contributed by atoms with Crippen molar-refractivity contribution in [1.29, 1.82) is 0 Å². The summed E-state index contributed by atoms with van der Waals surface area (Å²) in [5, 5.41) is 0. The maximum absolute atomic E-state index is 6.82. The Labute approximate surface area is 122 Å². The first-order valence-corrected chi connectivity index (χ1v) is 7.54. The monoisotopic (exact) mass is 274 g/mol. The normalized spacial score (nSPS) is 34.5. The van der Waals surface area contributed by atoms with Crippen molar-refractivity contribution in [3.8, 4) is 0 Å². The molecule has 1 aromatic carbocycles. The number of anilines is 1. The van der Waals surface area contributed by atoms with Gasteiger partial charge in [0, 0.05) is 42.8 Å². The Morgan fingerprint density at radius 3 is 2.85 bits per heavy atom. The number of aryl methyl sites for hydroxylation is 1. The average Bonchev–Trinajstić information content (AvgIpc) is 2.87. The molecular weight excluding hydrogens is 248 g/mol. The molecule has 1 heterocycles. The molecule has 1 aromatic rings. The van der Waals surface area contributed by atoms with Gasteiger partial charge in [-0.3, -0.25) is 0 Å². The summed E-state index contributed by atoms with van der Waals surface area (Å²) in [6, 6.07) is 8.61.